The third-order valence-electron chi connectivity index (χ3n) is 1.68. The predicted octanol–water partition coefficient (Wildman–Crippen LogP) is -0.470. The van der Waals surface area contributed by atoms with Crippen LogP contribution in [0.1, 0.15) is 20.3 Å². The van der Waals surface area contributed by atoms with E-state index in [0.29, 0.717) is 6.42 Å². The molecule has 0 fully saturated rings. The molecule has 5 heteroatoms. The Morgan fingerprint density at radius 1 is 1.31 bits per heavy atom. The maximum Gasteiger partial charge on any atom is 1.00 e. The van der Waals surface area contributed by atoms with Crippen molar-refractivity contribution in [2.45, 2.75) is 13.3 Å². The molecule has 0 aliphatic carbocycles. The topological polar surface area (TPSA) is 43.4 Å². The normalized spacial score (nSPS) is 11.3. The molecule has 16 heavy (non-hydrogen) atoms. The summed E-state index contributed by atoms with van der Waals surface area (Å²) in [6.45, 7) is 2.08. The first-order chi connectivity index (χ1) is 7.14. The van der Waals surface area contributed by atoms with Crippen LogP contribution in [0.3, 0.4) is 0 Å². The third kappa shape index (κ3) is 6.45. The third-order valence-corrected chi connectivity index (χ3v) is 2.64. The van der Waals surface area contributed by atoms with Gasteiger partial charge in [0.1, 0.15) is 0 Å². The van der Waals surface area contributed by atoms with Crippen LogP contribution in [0, 0.1) is 0 Å². The second-order valence-corrected chi connectivity index (χ2v) is 4.52. The van der Waals surface area contributed by atoms with E-state index in [0.717, 1.165) is 11.0 Å². The summed E-state index contributed by atoms with van der Waals surface area (Å²) in [5.41, 5.74) is 0.834. The smallest absolute Gasteiger partial charge is 1.00 e. The van der Waals surface area contributed by atoms with Crippen LogP contribution >= 0.6 is 0 Å². The predicted molar refractivity (Wildman–Crippen MR) is 61.8 cm³/mol. The van der Waals surface area contributed by atoms with Crippen molar-refractivity contribution in [3.05, 3.63) is 41.3 Å². The Balaban J connectivity index is 0. The molecule has 0 spiro atoms. The van der Waals surface area contributed by atoms with Crippen molar-refractivity contribution in [2.75, 3.05) is 6.61 Å². The van der Waals surface area contributed by atoms with Gasteiger partial charge < -0.3 is 1.43 Å². The molecule has 0 aromatic heterocycles. The summed E-state index contributed by atoms with van der Waals surface area (Å²) in [5, 5.41) is 1.08. The quantitative estimate of drug-likeness (QED) is 0.524. The van der Waals surface area contributed by atoms with Crippen molar-refractivity contribution >= 4 is 16.2 Å². The molecular formula is C11H15NaO3S. The molecule has 0 saturated heterocycles. The van der Waals surface area contributed by atoms with Gasteiger partial charge in [-0.2, -0.15) is 8.42 Å². The van der Waals surface area contributed by atoms with Gasteiger partial charge in [0, 0.05) is 0 Å². The first-order valence-corrected chi connectivity index (χ1v) is 6.24. The number of hydrogen-bond acceptors (Lipinski definition) is 3. The minimum absolute atomic E-state index is 0. The monoisotopic (exact) mass is 250 g/mol. The van der Waals surface area contributed by atoms with Crippen molar-refractivity contribution in [1.29, 1.82) is 0 Å². The van der Waals surface area contributed by atoms with E-state index in [1.54, 1.807) is 0 Å². The summed E-state index contributed by atoms with van der Waals surface area (Å²) in [4.78, 5) is 0. The van der Waals surface area contributed by atoms with Gasteiger partial charge in [-0.15, -0.1) is 0 Å². The van der Waals surface area contributed by atoms with Crippen molar-refractivity contribution in [2.24, 2.45) is 0 Å². The second kappa shape index (κ2) is 8.03. The molecule has 1 aromatic carbocycles. The van der Waals surface area contributed by atoms with E-state index in [1.807, 2.05) is 37.3 Å². The van der Waals surface area contributed by atoms with E-state index in [9.17, 15) is 8.42 Å². The average molecular weight is 250 g/mol. The molecule has 0 radical (unpaired) electrons. The van der Waals surface area contributed by atoms with Gasteiger partial charge in [-0.25, -0.2) is 0 Å². The molecule has 1 rings (SSSR count). The van der Waals surface area contributed by atoms with E-state index < -0.39 is 10.1 Å². The molecule has 0 aliphatic heterocycles. The van der Waals surface area contributed by atoms with E-state index >= 15 is 0 Å². The molecule has 0 saturated carbocycles. The zero-order valence-corrected chi connectivity index (χ0v) is 12.4. The van der Waals surface area contributed by atoms with Gasteiger partial charge >= 0.3 is 29.6 Å². The molecule has 0 amide bonds. The maximum atomic E-state index is 11.3. The molecule has 0 bridgehead atoms. The van der Waals surface area contributed by atoms with Crippen molar-refractivity contribution in [3.8, 4) is 0 Å². The maximum absolute atomic E-state index is 11.3. The molecule has 0 aliphatic rings. The van der Waals surface area contributed by atoms with Gasteiger partial charge in [-0.1, -0.05) is 37.3 Å². The standard InChI is InChI=1S/C11H14O3S.Na.H/c1-2-9-14-15(12,13)10-8-11-6-4-3-5-7-11;;/h3-8,10H,2,9H2,1H3;;/q;+1;-1. The molecule has 0 N–H and O–H groups in total. The Labute approximate surface area is 120 Å². The Kier molecular flexibility index (Phi) is 7.97. The molecule has 0 atom stereocenters. The van der Waals surface area contributed by atoms with Crippen LogP contribution in [0.2, 0.25) is 0 Å². The Bertz CT molecular complexity index is 418. The fourth-order valence-corrected chi connectivity index (χ4v) is 1.77. The van der Waals surface area contributed by atoms with Crippen LogP contribution < -0.4 is 29.6 Å². The van der Waals surface area contributed by atoms with Crippen molar-refractivity contribution in [1.82, 2.24) is 0 Å². The zero-order valence-electron chi connectivity index (χ0n) is 10.6. The minimum atomic E-state index is -3.52. The van der Waals surface area contributed by atoms with E-state index in [2.05, 4.69) is 4.18 Å². The first-order valence-electron chi connectivity index (χ1n) is 4.76. The Hall–Kier alpha value is -0.130. The summed E-state index contributed by atoms with van der Waals surface area (Å²) in [6, 6.07) is 9.22. The zero-order chi connectivity index (χ0) is 11.1. The SMILES string of the molecule is CCCOS(=O)(=O)C=Cc1ccccc1.[H-].[Na+]. The van der Waals surface area contributed by atoms with Crippen LogP contribution in [0.4, 0.5) is 0 Å². The van der Waals surface area contributed by atoms with Gasteiger partial charge in [0.25, 0.3) is 10.1 Å². The summed E-state index contributed by atoms with van der Waals surface area (Å²) < 4.78 is 27.2. The van der Waals surface area contributed by atoms with Crippen molar-refractivity contribution in [3.63, 3.8) is 0 Å². The van der Waals surface area contributed by atoms with Gasteiger partial charge in [0.05, 0.1) is 12.0 Å². The molecular weight excluding hydrogens is 235 g/mol. The van der Waals surface area contributed by atoms with Crippen LogP contribution in [0.5, 0.6) is 0 Å². The van der Waals surface area contributed by atoms with Gasteiger partial charge in [-0.3, -0.25) is 4.18 Å². The van der Waals surface area contributed by atoms with Gasteiger partial charge in [-0.05, 0) is 18.1 Å². The first kappa shape index (κ1) is 15.9. The molecule has 3 nitrogen and oxygen atoms in total. The fourth-order valence-electron chi connectivity index (χ4n) is 0.965. The molecule has 0 heterocycles. The summed E-state index contributed by atoms with van der Waals surface area (Å²) >= 11 is 0. The summed E-state index contributed by atoms with van der Waals surface area (Å²) in [7, 11) is -3.52. The molecule has 1 aromatic rings. The fraction of sp³-hybridized carbons (Fsp3) is 0.273. The molecule has 84 valence electrons. The molecule has 0 unspecified atom stereocenters. The van der Waals surface area contributed by atoms with Crippen LogP contribution in [0.25, 0.3) is 6.08 Å². The van der Waals surface area contributed by atoms with E-state index in [4.69, 9.17) is 0 Å². The number of benzene rings is 1. The van der Waals surface area contributed by atoms with Crippen LogP contribution in [0.15, 0.2) is 35.7 Å². The van der Waals surface area contributed by atoms with E-state index in [1.165, 1.54) is 6.08 Å². The number of hydrogen-bond donors (Lipinski definition) is 0. The second-order valence-electron chi connectivity index (χ2n) is 3.03. The largest absolute Gasteiger partial charge is 1.00 e. The minimum Gasteiger partial charge on any atom is -1.00 e. The average Bonchev–Trinajstić information content (AvgIpc) is 2.25. The van der Waals surface area contributed by atoms with Gasteiger partial charge in [0.15, 0.2) is 0 Å². The van der Waals surface area contributed by atoms with Gasteiger partial charge in [0.2, 0.25) is 0 Å². The van der Waals surface area contributed by atoms with Crippen molar-refractivity contribution < 1.29 is 43.6 Å². The Morgan fingerprint density at radius 2 is 1.94 bits per heavy atom. The van der Waals surface area contributed by atoms with Crippen LogP contribution in [-0.2, 0) is 14.3 Å². The van der Waals surface area contributed by atoms with Crippen LogP contribution in [-0.4, -0.2) is 15.0 Å². The summed E-state index contributed by atoms with van der Waals surface area (Å²) in [6.07, 6.45) is 2.20. The number of rotatable bonds is 5. The van der Waals surface area contributed by atoms with E-state index in [-0.39, 0.29) is 37.6 Å². The Morgan fingerprint density at radius 3 is 2.50 bits per heavy atom. The summed E-state index contributed by atoms with van der Waals surface area (Å²) in [5.74, 6) is 0.